The highest BCUT2D eigenvalue weighted by Gasteiger charge is 2.32. The molecule has 0 bridgehead atoms. The van der Waals surface area contributed by atoms with Crippen LogP contribution in [0, 0.1) is 11.7 Å². The van der Waals surface area contributed by atoms with Gasteiger partial charge < -0.3 is 5.32 Å². The molecule has 0 spiro atoms. The maximum atomic E-state index is 13.6. The van der Waals surface area contributed by atoms with Gasteiger partial charge in [0.05, 0.1) is 5.02 Å². The molecule has 0 amide bonds. The summed E-state index contributed by atoms with van der Waals surface area (Å²) in [6, 6.07) is 13.9. The van der Waals surface area contributed by atoms with Crippen molar-refractivity contribution in [1.82, 2.24) is 5.32 Å². The van der Waals surface area contributed by atoms with Crippen LogP contribution in [0.5, 0.6) is 0 Å². The fourth-order valence-corrected chi connectivity index (χ4v) is 3.56. The third kappa shape index (κ3) is 2.83. The zero-order valence-electron chi connectivity index (χ0n) is 12.1. The molecule has 0 saturated heterocycles. The summed E-state index contributed by atoms with van der Waals surface area (Å²) in [6.07, 6.45) is 1.81. The minimum absolute atomic E-state index is 0.267. The van der Waals surface area contributed by atoms with Gasteiger partial charge in [-0.15, -0.1) is 0 Å². The van der Waals surface area contributed by atoms with E-state index in [9.17, 15) is 4.39 Å². The summed E-state index contributed by atoms with van der Waals surface area (Å²) in [5.41, 5.74) is 3.66. The molecule has 1 aliphatic rings. The lowest BCUT2D eigenvalue weighted by molar-refractivity contribution is 0.393. The third-order valence-corrected chi connectivity index (χ3v) is 4.70. The summed E-state index contributed by atoms with van der Waals surface area (Å²) in [4.78, 5) is 0. The molecule has 0 saturated carbocycles. The summed E-state index contributed by atoms with van der Waals surface area (Å²) in [5.74, 6) is 0.0892. The number of halogens is 2. The van der Waals surface area contributed by atoms with Gasteiger partial charge in [-0.05, 0) is 48.1 Å². The van der Waals surface area contributed by atoms with E-state index in [0.717, 1.165) is 24.9 Å². The second kappa shape index (κ2) is 6.17. The minimum atomic E-state index is -0.329. The topological polar surface area (TPSA) is 12.0 Å². The van der Waals surface area contributed by atoms with Gasteiger partial charge in [0.25, 0.3) is 0 Å². The van der Waals surface area contributed by atoms with E-state index >= 15 is 0 Å². The van der Waals surface area contributed by atoms with Crippen LogP contribution in [0.3, 0.4) is 0 Å². The number of fused-ring (bicyclic) bond motifs is 1. The Morgan fingerprint density at radius 1 is 1.19 bits per heavy atom. The lowest BCUT2D eigenvalue weighted by atomic mass is 9.92. The quantitative estimate of drug-likeness (QED) is 0.874. The summed E-state index contributed by atoms with van der Waals surface area (Å²) in [7, 11) is 0. The smallest absolute Gasteiger partial charge is 0.142 e. The highest BCUT2D eigenvalue weighted by molar-refractivity contribution is 6.31. The zero-order valence-corrected chi connectivity index (χ0v) is 12.8. The molecular weight excluding hydrogens is 285 g/mol. The van der Waals surface area contributed by atoms with E-state index in [1.54, 1.807) is 6.07 Å². The average Bonchev–Trinajstić information content (AvgIpc) is 2.82. The van der Waals surface area contributed by atoms with Gasteiger partial charge in [0, 0.05) is 6.04 Å². The van der Waals surface area contributed by atoms with Crippen LogP contribution < -0.4 is 5.32 Å². The predicted molar refractivity (Wildman–Crippen MR) is 85.2 cm³/mol. The normalized spacial score (nSPS) is 20.5. The van der Waals surface area contributed by atoms with Crippen molar-refractivity contribution in [3.05, 3.63) is 70.0 Å². The molecule has 3 rings (SSSR count). The van der Waals surface area contributed by atoms with Crippen LogP contribution in [0.4, 0.5) is 4.39 Å². The molecule has 0 aromatic heterocycles. The molecule has 0 aliphatic heterocycles. The second-order valence-electron chi connectivity index (χ2n) is 5.62. The van der Waals surface area contributed by atoms with Crippen LogP contribution in [-0.4, -0.2) is 6.54 Å². The molecule has 1 aliphatic carbocycles. The van der Waals surface area contributed by atoms with E-state index in [-0.39, 0.29) is 10.8 Å². The van der Waals surface area contributed by atoms with E-state index in [1.807, 2.05) is 6.07 Å². The number of benzene rings is 2. The van der Waals surface area contributed by atoms with Gasteiger partial charge in [-0.3, -0.25) is 0 Å². The second-order valence-corrected chi connectivity index (χ2v) is 5.99. The lowest BCUT2D eigenvalue weighted by Crippen LogP contribution is -2.26. The first kappa shape index (κ1) is 14.6. The molecule has 110 valence electrons. The van der Waals surface area contributed by atoms with Crippen LogP contribution in [0.25, 0.3) is 0 Å². The maximum Gasteiger partial charge on any atom is 0.142 e. The molecule has 2 aromatic rings. The SMILES string of the molecule is CCNC1c2ccccc2CC1Cc1cccc(F)c1Cl. The van der Waals surface area contributed by atoms with Crippen LogP contribution in [-0.2, 0) is 12.8 Å². The molecule has 0 heterocycles. The third-order valence-electron chi connectivity index (χ3n) is 4.28. The number of hydrogen-bond donors (Lipinski definition) is 1. The molecule has 0 fully saturated rings. The average molecular weight is 304 g/mol. The first-order valence-electron chi connectivity index (χ1n) is 7.44. The molecule has 21 heavy (non-hydrogen) atoms. The van der Waals surface area contributed by atoms with Crippen molar-refractivity contribution in [2.45, 2.75) is 25.8 Å². The standard InChI is InChI=1S/C18H19ClFN/c1-2-21-18-14(10-12-6-3-4-8-15(12)18)11-13-7-5-9-16(20)17(13)19/h3-9,14,18,21H,2,10-11H2,1H3. The van der Waals surface area contributed by atoms with Gasteiger partial charge >= 0.3 is 0 Å². The van der Waals surface area contributed by atoms with Crippen molar-refractivity contribution in [2.75, 3.05) is 6.54 Å². The Labute approximate surface area is 130 Å². The molecule has 2 unspecified atom stereocenters. The van der Waals surface area contributed by atoms with Crippen molar-refractivity contribution in [1.29, 1.82) is 0 Å². The summed E-state index contributed by atoms with van der Waals surface area (Å²) >= 11 is 6.11. The van der Waals surface area contributed by atoms with Crippen LogP contribution >= 0.6 is 11.6 Å². The van der Waals surface area contributed by atoms with E-state index < -0.39 is 0 Å². The Kier molecular flexibility index (Phi) is 4.27. The summed E-state index contributed by atoms with van der Waals surface area (Å²) in [5, 5.41) is 3.84. The van der Waals surface area contributed by atoms with Crippen LogP contribution in [0.15, 0.2) is 42.5 Å². The van der Waals surface area contributed by atoms with E-state index in [0.29, 0.717) is 12.0 Å². The van der Waals surface area contributed by atoms with Gasteiger partial charge in [-0.25, -0.2) is 4.39 Å². The first-order valence-corrected chi connectivity index (χ1v) is 7.82. The van der Waals surface area contributed by atoms with Crippen molar-refractivity contribution in [2.24, 2.45) is 5.92 Å². The van der Waals surface area contributed by atoms with E-state index in [2.05, 4.69) is 36.5 Å². The van der Waals surface area contributed by atoms with E-state index in [1.165, 1.54) is 17.2 Å². The monoisotopic (exact) mass is 303 g/mol. The van der Waals surface area contributed by atoms with Gasteiger partial charge in [0.1, 0.15) is 5.82 Å². The largest absolute Gasteiger partial charge is 0.310 e. The van der Waals surface area contributed by atoms with Crippen LogP contribution in [0.1, 0.15) is 29.7 Å². The molecular formula is C18H19ClFN. The Hall–Kier alpha value is -1.38. The van der Waals surface area contributed by atoms with Crippen molar-refractivity contribution < 1.29 is 4.39 Å². The fraction of sp³-hybridized carbons (Fsp3) is 0.333. The molecule has 1 N–H and O–H groups in total. The Balaban J connectivity index is 1.87. The highest BCUT2D eigenvalue weighted by Crippen LogP contribution is 2.38. The molecule has 1 nitrogen and oxygen atoms in total. The van der Waals surface area contributed by atoms with Crippen molar-refractivity contribution in [3.63, 3.8) is 0 Å². The van der Waals surface area contributed by atoms with Crippen molar-refractivity contribution in [3.8, 4) is 0 Å². The zero-order chi connectivity index (χ0) is 14.8. The van der Waals surface area contributed by atoms with Gasteiger partial charge in [0.2, 0.25) is 0 Å². The summed E-state index contributed by atoms with van der Waals surface area (Å²) < 4.78 is 13.6. The molecule has 0 radical (unpaired) electrons. The molecule has 2 atom stereocenters. The first-order chi connectivity index (χ1) is 10.2. The fourth-order valence-electron chi connectivity index (χ4n) is 3.35. The predicted octanol–water partition coefficient (Wildman–Crippen LogP) is 4.54. The lowest BCUT2D eigenvalue weighted by Gasteiger charge is -2.22. The highest BCUT2D eigenvalue weighted by atomic mass is 35.5. The maximum absolute atomic E-state index is 13.6. The molecule has 3 heteroatoms. The van der Waals surface area contributed by atoms with Gasteiger partial charge in [-0.2, -0.15) is 0 Å². The Morgan fingerprint density at radius 3 is 2.81 bits per heavy atom. The van der Waals surface area contributed by atoms with Gasteiger partial charge in [-0.1, -0.05) is 54.9 Å². The Morgan fingerprint density at radius 2 is 2.00 bits per heavy atom. The van der Waals surface area contributed by atoms with E-state index in [4.69, 9.17) is 11.6 Å². The van der Waals surface area contributed by atoms with Crippen LogP contribution in [0.2, 0.25) is 5.02 Å². The van der Waals surface area contributed by atoms with Gasteiger partial charge in [0.15, 0.2) is 0 Å². The minimum Gasteiger partial charge on any atom is -0.310 e. The Bertz CT molecular complexity index is 641. The van der Waals surface area contributed by atoms with Crippen molar-refractivity contribution >= 4 is 11.6 Å². The number of rotatable bonds is 4. The number of hydrogen-bond acceptors (Lipinski definition) is 1. The molecule has 2 aromatic carbocycles. The number of nitrogens with one attached hydrogen (secondary N) is 1. The summed E-state index contributed by atoms with van der Waals surface area (Å²) in [6.45, 7) is 3.04.